The van der Waals surface area contributed by atoms with E-state index in [2.05, 4.69) is 31.1 Å². The van der Waals surface area contributed by atoms with Crippen LogP contribution in [-0.2, 0) is 4.79 Å². The zero-order valence-electron chi connectivity index (χ0n) is 11.5. The van der Waals surface area contributed by atoms with Crippen LogP contribution in [0.4, 0.5) is 0 Å². The van der Waals surface area contributed by atoms with E-state index in [0.29, 0.717) is 0 Å². The molecule has 0 aromatic heterocycles. The first-order valence-electron chi connectivity index (χ1n) is 6.61. The summed E-state index contributed by atoms with van der Waals surface area (Å²) in [6.45, 7) is 10.1. The van der Waals surface area contributed by atoms with Crippen molar-refractivity contribution in [3.63, 3.8) is 0 Å². The molecule has 0 aromatic rings. The van der Waals surface area contributed by atoms with E-state index in [1.54, 1.807) is 0 Å². The van der Waals surface area contributed by atoms with Gasteiger partial charge in [0, 0.05) is 25.2 Å². The van der Waals surface area contributed by atoms with Crippen molar-refractivity contribution < 1.29 is 4.79 Å². The molecular weight excluding hydrogens is 214 g/mol. The van der Waals surface area contributed by atoms with Gasteiger partial charge >= 0.3 is 0 Å². The van der Waals surface area contributed by atoms with Gasteiger partial charge in [-0.15, -0.1) is 0 Å². The van der Waals surface area contributed by atoms with Crippen LogP contribution in [0, 0.1) is 0 Å². The van der Waals surface area contributed by atoms with E-state index in [9.17, 15) is 4.79 Å². The van der Waals surface area contributed by atoms with Crippen molar-refractivity contribution in [2.45, 2.75) is 44.7 Å². The van der Waals surface area contributed by atoms with Crippen molar-refractivity contribution in [1.82, 2.24) is 15.1 Å². The number of amides is 1. The lowest BCUT2D eigenvalue weighted by molar-refractivity contribution is -0.141. The Labute approximate surface area is 104 Å². The van der Waals surface area contributed by atoms with Gasteiger partial charge < -0.3 is 10.2 Å². The summed E-state index contributed by atoms with van der Waals surface area (Å²) in [7, 11) is 2.14. The maximum Gasteiger partial charge on any atom is 0.242 e. The van der Waals surface area contributed by atoms with Crippen LogP contribution in [0.25, 0.3) is 0 Å². The molecule has 2 rings (SSSR count). The molecule has 1 N–H and O–H groups in total. The first-order valence-corrected chi connectivity index (χ1v) is 6.61. The number of carbonyl (C=O) groups is 1. The zero-order valence-corrected chi connectivity index (χ0v) is 11.5. The first kappa shape index (κ1) is 12.8. The Kier molecular flexibility index (Phi) is 3.21. The van der Waals surface area contributed by atoms with Gasteiger partial charge in [0.05, 0.1) is 5.54 Å². The largest absolute Gasteiger partial charge is 0.338 e. The van der Waals surface area contributed by atoms with E-state index in [4.69, 9.17) is 0 Å². The summed E-state index contributed by atoms with van der Waals surface area (Å²) in [5.41, 5.74) is -0.227. The number of likely N-dealkylation sites (N-methyl/N-ethyl adjacent to an activating group) is 1. The third-order valence-electron chi connectivity index (χ3n) is 4.44. The molecule has 4 nitrogen and oxygen atoms in total. The van der Waals surface area contributed by atoms with Crippen LogP contribution < -0.4 is 5.32 Å². The van der Waals surface area contributed by atoms with Crippen molar-refractivity contribution >= 4 is 5.91 Å². The summed E-state index contributed by atoms with van der Waals surface area (Å²) in [5.74, 6) is 0.288. The third kappa shape index (κ3) is 2.33. The number of hydrogen-bond acceptors (Lipinski definition) is 3. The lowest BCUT2D eigenvalue weighted by atomic mass is 9.94. The fourth-order valence-corrected chi connectivity index (χ4v) is 2.84. The van der Waals surface area contributed by atoms with Crippen molar-refractivity contribution in [3.8, 4) is 0 Å². The lowest BCUT2D eigenvalue weighted by Crippen LogP contribution is -2.63. The van der Waals surface area contributed by atoms with E-state index >= 15 is 0 Å². The van der Waals surface area contributed by atoms with Gasteiger partial charge in [0.1, 0.15) is 0 Å². The monoisotopic (exact) mass is 239 g/mol. The highest BCUT2D eigenvalue weighted by molar-refractivity contribution is 5.86. The minimum Gasteiger partial charge on any atom is -0.338 e. The Bertz CT molecular complexity index is 308. The minimum atomic E-state index is -0.314. The molecule has 17 heavy (non-hydrogen) atoms. The van der Waals surface area contributed by atoms with Gasteiger partial charge in [-0.05, 0) is 47.2 Å². The van der Waals surface area contributed by atoms with E-state index < -0.39 is 0 Å². The molecule has 2 aliphatic heterocycles. The summed E-state index contributed by atoms with van der Waals surface area (Å²) in [4.78, 5) is 16.9. The Hall–Kier alpha value is -0.610. The molecule has 0 aromatic carbocycles. The van der Waals surface area contributed by atoms with Crippen LogP contribution >= 0.6 is 0 Å². The predicted molar refractivity (Wildman–Crippen MR) is 68.9 cm³/mol. The van der Waals surface area contributed by atoms with Crippen LogP contribution in [-0.4, -0.2) is 60.0 Å². The third-order valence-corrected chi connectivity index (χ3v) is 4.44. The number of carbonyl (C=O) groups excluding carboxylic acids is 1. The highest BCUT2D eigenvalue weighted by Crippen LogP contribution is 2.25. The normalized spacial score (nSPS) is 34.0. The molecular formula is C13H25N3O. The molecule has 0 saturated carbocycles. The Morgan fingerprint density at radius 2 is 1.94 bits per heavy atom. The van der Waals surface area contributed by atoms with E-state index in [-0.39, 0.29) is 17.0 Å². The average molecular weight is 239 g/mol. The standard InChI is InChI=1S/C13H25N3O/c1-12(2)10-16(9-8-15(12)4)11(17)13(3)6-5-7-14-13/h14H,5-10H2,1-4H3. The SMILES string of the molecule is CN1CCN(C(=O)C2(C)CCCN2)CC1(C)C. The van der Waals surface area contributed by atoms with Crippen LogP contribution in [0.1, 0.15) is 33.6 Å². The Morgan fingerprint density at radius 1 is 1.24 bits per heavy atom. The number of nitrogens with one attached hydrogen (secondary N) is 1. The van der Waals surface area contributed by atoms with Gasteiger partial charge in [0.2, 0.25) is 5.91 Å². The topological polar surface area (TPSA) is 35.6 Å². The average Bonchev–Trinajstić information content (AvgIpc) is 2.69. The fourth-order valence-electron chi connectivity index (χ4n) is 2.84. The molecule has 98 valence electrons. The smallest absolute Gasteiger partial charge is 0.242 e. The maximum absolute atomic E-state index is 12.6. The Balaban J connectivity index is 2.06. The van der Waals surface area contributed by atoms with Gasteiger partial charge in [-0.2, -0.15) is 0 Å². The fraction of sp³-hybridized carbons (Fsp3) is 0.923. The molecule has 2 saturated heterocycles. The van der Waals surface area contributed by atoms with Crippen LogP contribution in [0.5, 0.6) is 0 Å². The highest BCUT2D eigenvalue weighted by Gasteiger charge is 2.42. The van der Waals surface area contributed by atoms with Crippen molar-refractivity contribution in [3.05, 3.63) is 0 Å². The summed E-state index contributed by atoms with van der Waals surface area (Å²) >= 11 is 0. The summed E-state index contributed by atoms with van der Waals surface area (Å²) in [5, 5.41) is 3.36. The van der Waals surface area contributed by atoms with Crippen LogP contribution in [0.2, 0.25) is 0 Å². The highest BCUT2D eigenvalue weighted by atomic mass is 16.2. The molecule has 1 unspecified atom stereocenters. The second kappa shape index (κ2) is 4.25. The zero-order chi connectivity index (χ0) is 12.7. The van der Waals surface area contributed by atoms with Crippen LogP contribution in [0.3, 0.4) is 0 Å². The van der Waals surface area contributed by atoms with E-state index in [1.165, 1.54) is 0 Å². The van der Waals surface area contributed by atoms with E-state index in [0.717, 1.165) is 39.0 Å². The number of rotatable bonds is 1. The molecule has 4 heteroatoms. The van der Waals surface area contributed by atoms with Crippen molar-refractivity contribution in [1.29, 1.82) is 0 Å². The van der Waals surface area contributed by atoms with Crippen molar-refractivity contribution in [2.75, 3.05) is 33.2 Å². The number of hydrogen-bond donors (Lipinski definition) is 1. The summed E-state index contributed by atoms with van der Waals surface area (Å²) in [6.07, 6.45) is 2.08. The van der Waals surface area contributed by atoms with Gasteiger partial charge in [-0.1, -0.05) is 0 Å². The molecule has 0 radical (unpaired) electrons. The van der Waals surface area contributed by atoms with Crippen LogP contribution in [0.15, 0.2) is 0 Å². The first-order chi connectivity index (χ1) is 7.85. The molecule has 0 spiro atoms. The molecule has 0 bridgehead atoms. The molecule has 2 aliphatic rings. The second-order valence-corrected chi connectivity index (χ2v) is 6.32. The Morgan fingerprint density at radius 3 is 2.47 bits per heavy atom. The summed E-state index contributed by atoms with van der Waals surface area (Å²) in [6, 6.07) is 0. The van der Waals surface area contributed by atoms with E-state index in [1.807, 2.05) is 11.8 Å². The number of piperazine rings is 1. The molecule has 2 fully saturated rings. The van der Waals surface area contributed by atoms with Gasteiger partial charge in [0.25, 0.3) is 0 Å². The molecule has 2 heterocycles. The van der Waals surface area contributed by atoms with Gasteiger partial charge in [-0.25, -0.2) is 0 Å². The maximum atomic E-state index is 12.6. The summed E-state index contributed by atoms with van der Waals surface area (Å²) < 4.78 is 0. The molecule has 0 aliphatic carbocycles. The quantitative estimate of drug-likeness (QED) is 0.731. The second-order valence-electron chi connectivity index (χ2n) is 6.32. The minimum absolute atomic E-state index is 0.0862. The van der Waals surface area contributed by atoms with Gasteiger partial charge in [0.15, 0.2) is 0 Å². The number of nitrogens with zero attached hydrogens (tertiary/aromatic N) is 2. The predicted octanol–water partition coefficient (Wildman–Crippen LogP) is 0.681. The van der Waals surface area contributed by atoms with Gasteiger partial charge in [-0.3, -0.25) is 9.69 Å². The lowest BCUT2D eigenvalue weighted by Gasteiger charge is -2.47. The molecule has 1 amide bonds. The molecule has 1 atom stereocenters. The van der Waals surface area contributed by atoms with Crippen molar-refractivity contribution in [2.24, 2.45) is 0 Å².